The predicted molar refractivity (Wildman–Crippen MR) is 157 cm³/mol. The van der Waals surface area contributed by atoms with Crippen LogP contribution >= 0.6 is 11.6 Å². The molecule has 1 amide bonds. The van der Waals surface area contributed by atoms with E-state index in [2.05, 4.69) is 5.32 Å². The van der Waals surface area contributed by atoms with Crippen LogP contribution in [-0.4, -0.2) is 79.6 Å². The Morgan fingerprint density at radius 2 is 1.43 bits per heavy atom. The van der Waals surface area contributed by atoms with E-state index < -0.39 is 54.7 Å². The van der Waals surface area contributed by atoms with Crippen LogP contribution in [0.1, 0.15) is 40.5 Å². The fourth-order valence-corrected chi connectivity index (χ4v) is 3.30. The molecule has 0 heterocycles. The molecule has 0 saturated carbocycles. The van der Waals surface area contributed by atoms with Crippen LogP contribution < -0.4 is 5.32 Å². The Kier molecular flexibility index (Phi) is 19.6. The number of halogens is 1. The number of amides is 1. The third-order valence-electron chi connectivity index (χ3n) is 5.48. The Bertz CT molecular complexity index is 980. The zero-order chi connectivity index (χ0) is 30.7. The lowest BCUT2D eigenvalue weighted by Crippen LogP contribution is -2.42. The van der Waals surface area contributed by atoms with E-state index in [0.29, 0.717) is 5.92 Å². The molecule has 0 aromatic rings. The first kappa shape index (κ1) is 37.2. The summed E-state index contributed by atoms with van der Waals surface area (Å²) in [6, 6.07) is 0. The van der Waals surface area contributed by atoms with E-state index in [1.54, 1.807) is 55.5 Å². The highest BCUT2D eigenvalue weighted by Gasteiger charge is 2.31. The number of carbonyl (C=O) groups is 2. The number of aliphatic hydroxyl groups excluding tert-OH is 5. The number of hydrogen-bond acceptors (Lipinski definition) is 7. The van der Waals surface area contributed by atoms with Gasteiger partial charge in [0.15, 0.2) is 0 Å². The van der Waals surface area contributed by atoms with Crippen LogP contribution in [0.15, 0.2) is 83.5 Å². The summed E-state index contributed by atoms with van der Waals surface area (Å²) in [5, 5.41) is 61.7. The molecule has 40 heavy (non-hydrogen) atoms. The van der Waals surface area contributed by atoms with E-state index in [-0.39, 0.29) is 18.0 Å². The third kappa shape index (κ3) is 18.5. The average molecular weight is 582 g/mol. The first-order chi connectivity index (χ1) is 18.7. The second-order valence-electron chi connectivity index (χ2n) is 9.72. The van der Waals surface area contributed by atoms with Crippen LogP contribution in [0.2, 0.25) is 0 Å². The number of carbonyl (C=O) groups excluding carboxylic acids is 1. The Morgan fingerprint density at radius 3 is 2.05 bits per heavy atom. The van der Waals surface area contributed by atoms with Crippen molar-refractivity contribution in [3.63, 3.8) is 0 Å². The molecule has 0 saturated heterocycles. The van der Waals surface area contributed by atoms with Crippen molar-refractivity contribution in [1.29, 1.82) is 0 Å². The first-order valence-corrected chi connectivity index (χ1v) is 13.4. The molecular weight excluding hydrogens is 538 g/mol. The van der Waals surface area contributed by atoms with Crippen LogP contribution in [0.3, 0.4) is 0 Å². The third-order valence-corrected chi connectivity index (χ3v) is 5.95. The van der Waals surface area contributed by atoms with E-state index >= 15 is 0 Å². The Morgan fingerprint density at radius 1 is 0.825 bits per heavy atom. The monoisotopic (exact) mass is 581 g/mol. The lowest BCUT2D eigenvalue weighted by Gasteiger charge is -2.27. The summed E-state index contributed by atoms with van der Waals surface area (Å²) in [5.41, 5.74) is 0.849. The van der Waals surface area contributed by atoms with Crippen molar-refractivity contribution in [2.75, 3.05) is 6.54 Å². The molecular formula is C30H44ClNO8. The minimum Gasteiger partial charge on any atom is -0.481 e. The van der Waals surface area contributed by atoms with E-state index in [1.165, 1.54) is 18.2 Å². The maximum absolute atomic E-state index is 11.7. The number of allylic oxidation sites excluding steroid dienone is 11. The number of carboxylic acid groups (broad SMARTS) is 1. The molecule has 9 nitrogen and oxygen atoms in total. The van der Waals surface area contributed by atoms with Crippen molar-refractivity contribution >= 4 is 23.5 Å². The summed E-state index contributed by atoms with van der Waals surface area (Å²) >= 11 is 6.27. The molecule has 0 aliphatic carbocycles. The lowest BCUT2D eigenvalue weighted by atomic mass is 9.93. The Balaban J connectivity index is 4.75. The van der Waals surface area contributed by atoms with Crippen molar-refractivity contribution in [2.45, 2.75) is 71.1 Å². The van der Waals surface area contributed by atoms with E-state index in [1.807, 2.05) is 26.8 Å². The topological polar surface area (TPSA) is 168 Å². The molecule has 0 aliphatic heterocycles. The van der Waals surface area contributed by atoms with Gasteiger partial charge in [-0.3, -0.25) is 9.59 Å². The van der Waals surface area contributed by atoms with Gasteiger partial charge < -0.3 is 36.0 Å². The van der Waals surface area contributed by atoms with Gasteiger partial charge in [-0.1, -0.05) is 98.7 Å². The highest BCUT2D eigenvalue weighted by atomic mass is 35.5. The van der Waals surface area contributed by atoms with Gasteiger partial charge in [-0.2, -0.15) is 0 Å². The molecule has 0 aliphatic rings. The zero-order valence-corrected chi connectivity index (χ0v) is 24.2. The molecule has 0 radical (unpaired) electrons. The van der Waals surface area contributed by atoms with Crippen LogP contribution in [0.4, 0.5) is 0 Å². The Hall–Kier alpha value is -2.79. The van der Waals surface area contributed by atoms with Gasteiger partial charge in [-0.05, 0) is 18.9 Å². The van der Waals surface area contributed by atoms with Gasteiger partial charge in [0, 0.05) is 30.0 Å². The van der Waals surface area contributed by atoms with Gasteiger partial charge in [-0.25, -0.2) is 0 Å². The number of hydrogen-bond donors (Lipinski definition) is 7. The molecule has 0 fully saturated rings. The SMILES string of the molecule is CC(/C=C/C=C/C(=O)NCC(O)CC(=O)O)=C\C=C\C=C(/Cl)[C@@H](C)[C@@H](O)[C@H](O)[C@H](O)C[C@@H](O)/C=C/C=C/C(C)C. The summed E-state index contributed by atoms with van der Waals surface area (Å²) in [6.45, 7) is 7.32. The summed E-state index contributed by atoms with van der Waals surface area (Å²) in [7, 11) is 0. The first-order valence-electron chi connectivity index (χ1n) is 13.0. The largest absolute Gasteiger partial charge is 0.481 e. The highest BCUT2D eigenvalue weighted by Crippen LogP contribution is 2.23. The van der Waals surface area contributed by atoms with Gasteiger partial charge in [0.25, 0.3) is 0 Å². The summed E-state index contributed by atoms with van der Waals surface area (Å²) < 4.78 is 0. The zero-order valence-electron chi connectivity index (χ0n) is 23.5. The normalized spacial score (nSPS) is 18.3. The maximum atomic E-state index is 11.7. The smallest absolute Gasteiger partial charge is 0.306 e. The summed E-state index contributed by atoms with van der Waals surface area (Å²) in [6.07, 6.45) is 12.8. The molecule has 7 N–H and O–H groups in total. The van der Waals surface area contributed by atoms with Gasteiger partial charge in [0.1, 0.15) is 6.10 Å². The molecule has 0 spiro atoms. The number of carboxylic acids is 1. The van der Waals surface area contributed by atoms with Crippen molar-refractivity contribution in [1.82, 2.24) is 5.32 Å². The minimum absolute atomic E-state index is 0.147. The molecule has 0 bridgehead atoms. The molecule has 6 atom stereocenters. The van der Waals surface area contributed by atoms with E-state index in [9.17, 15) is 35.1 Å². The highest BCUT2D eigenvalue weighted by molar-refractivity contribution is 6.30. The van der Waals surface area contributed by atoms with Crippen LogP contribution in [0.5, 0.6) is 0 Å². The van der Waals surface area contributed by atoms with Crippen molar-refractivity contribution in [3.8, 4) is 0 Å². The molecule has 1 unspecified atom stereocenters. The maximum Gasteiger partial charge on any atom is 0.306 e. The number of rotatable bonds is 18. The van der Waals surface area contributed by atoms with Gasteiger partial charge in [0.05, 0.1) is 30.8 Å². The van der Waals surface area contributed by atoms with Crippen LogP contribution in [0.25, 0.3) is 0 Å². The number of aliphatic hydroxyl groups is 5. The van der Waals surface area contributed by atoms with E-state index in [0.717, 1.165) is 5.57 Å². The molecule has 10 heteroatoms. The van der Waals surface area contributed by atoms with Crippen LogP contribution in [-0.2, 0) is 9.59 Å². The average Bonchev–Trinajstić information content (AvgIpc) is 2.88. The summed E-state index contributed by atoms with van der Waals surface area (Å²) in [4.78, 5) is 22.1. The quantitative estimate of drug-likeness (QED) is 0.0957. The van der Waals surface area contributed by atoms with Crippen LogP contribution in [0, 0.1) is 11.8 Å². The standard InChI is InChI=1S/C30H44ClNO8/c1-20(2)11-5-8-14-23(33)17-26(35)30(40)29(39)22(4)25(31)15-9-6-12-21(3)13-7-10-16-27(36)32-19-24(34)18-28(37)38/h5-16,20,22-24,26,29-30,33-35,39-40H,17-19H2,1-4H3,(H,32,36)(H,37,38)/b9-6+,11-5+,13-7+,14-8+,16-10+,21-12+,25-15-/t22-,23+,24?,26-,29-,30-/m1/s1. The van der Waals surface area contributed by atoms with Gasteiger partial charge in [0.2, 0.25) is 5.91 Å². The predicted octanol–water partition coefficient (Wildman–Crippen LogP) is 2.91. The minimum atomic E-state index is -1.51. The number of aliphatic carboxylic acids is 1. The molecule has 224 valence electrons. The molecule has 0 aromatic heterocycles. The lowest BCUT2D eigenvalue weighted by molar-refractivity contribution is -0.139. The molecule has 0 aromatic carbocycles. The number of nitrogens with one attached hydrogen (secondary N) is 1. The molecule has 0 rings (SSSR count). The van der Waals surface area contributed by atoms with Crippen molar-refractivity contribution in [3.05, 3.63) is 83.5 Å². The van der Waals surface area contributed by atoms with Gasteiger partial charge >= 0.3 is 5.97 Å². The Labute approximate surface area is 241 Å². The van der Waals surface area contributed by atoms with Crippen molar-refractivity contribution < 1.29 is 40.2 Å². The summed E-state index contributed by atoms with van der Waals surface area (Å²) in [5.74, 6) is -1.93. The fraction of sp³-hybridized carbons (Fsp3) is 0.467. The van der Waals surface area contributed by atoms with Crippen molar-refractivity contribution in [2.24, 2.45) is 11.8 Å². The second-order valence-corrected chi connectivity index (χ2v) is 10.2. The van der Waals surface area contributed by atoms with Gasteiger partial charge in [-0.15, -0.1) is 0 Å². The van der Waals surface area contributed by atoms with E-state index in [4.69, 9.17) is 16.7 Å². The second kappa shape index (κ2) is 21.0. The fourth-order valence-electron chi connectivity index (χ4n) is 3.09.